The van der Waals surface area contributed by atoms with E-state index in [2.05, 4.69) is 40.7 Å². The molecule has 7 rings (SSSR count). The fourth-order valence-electron chi connectivity index (χ4n) is 7.17. The van der Waals surface area contributed by atoms with E-state index in [1.807, 2.05) is 36.2 Å². The van der Waals surface area contributed by atoms with Gasteiger partial charge >= 0.3 is 5.97 Å². The van der Waals surface area contributed by atoms with Gasteiger partial charge in [-0.05, 0) is 54.7 Å². The number of esters is 1. The molecular weight excluding hydrogens is 454 g/mol. The summed E-state index contributed by atoms with van der Waals surface area (Å²) in [5.41, 5.74) is -2.93. The number of nitrogens with zero attached hydrogens (tertiary/aromatic N) is 3. The number of carbonyl (C=O) groups is 2. The Morgan fingerprint density at radius 1 is 1.03 bits per heavy atom. The van der Waals surface area contributed by atoms with Crippen LogP contribution in [0.25, 0.3) is 21.5 Å². The van der Waals surface area contributed by atoms with Gasteiger partial charge in [0.25, 0.3) is 0 Å². The van der Waals surface area contributed by atoms with Gasteiger partial charge in [-0.15, -0.1) is 5.11 Å². The zero-order valence-corrected chi connectivity index (χ0v) is 20.2. The normalized spacial score (nSPS) is 37.1. The van der Waals surface area contributed by atoms with E-state index in [9.17, 15) is 14.7 Å². The first kappa shape index (κ1) is 21.7. The van der Waals surface area contributed by atoms with Gasteiger partial charge in [-0.2, -0.15) is 0 Å². The van der Waals surface area contributed by atoms with Gasteiger partial charge in [0.2, 0.25) is 5.54 Å². The Bertz CT molecular complexity index is 1480. The lowest BCUT2D eigenvalue weighted by molar-refractivity contribution is -0.166. The summed E-state index contributed by atoms with van der Waals surface area (Å²) in [4.78, 5) is 26.8. The Labute approximate surface area is 208 Å². The van der Waals surface area contributed by atoms with E-state index < -0.39 is 28.6 Å². The number of benzene rings is 3. The predicted octanol–water partition coefficient (Wildman–Crippen LogP) is 4.77. The van der Waals surface area contributed by atoms with Gasteiger partial charge in [0.05, 0.1) is 17.6 Å². The molecule has 0 aromatic heterocycles. The number of allylic oxidation sites excluding steroid dienone is 1. The van der Waals surface area contributed by atoms with Crippen molar-refractivity contribution in [2.75, 3.05) is 11.6 Å². The number of carbonyl (C=O) groups excluding carboxylic acids is 2. The van der Waals surface area contributed by atoms with Gasteiger partial charge < -0.3 is 9.84 Å². The van der Waals surface area contributed by atoms with Crippen LogP contribution in [0, 0.1) is 17.3 Å². The maximum absolute atomic E-state index is 13.6. The standard InChI is InChI=1S/C29H27N3O4/c1-17-11-12-22-25(27(2)23(33)13-14-29(17,27)35)36-26(34)28(22)16-32(31-30-28)24-20-9-5-3-7-18(20)15-19-8-4-6-10-21(19)24/h3-10,13-15,17,22,25,35H,11-12,16H2,1-2H3/t17-,22?,25?,27-,28?,29+/m0/s1. The van der Waals surface area contributed by atoms with Crippen molar-refractivity contribution in [1.82, 2.24) is 0 Å². The summed E-state index contributed by atoms with van der Waals surface area (Å²) in [5.74, 6) is -1.20. The highest BCUT2D eigenvalue weighted by atomic mass is 16.6. The molecule has 182 valence electrons. The Hall–Kier alpha value is -3.58. The SMILES string of the molecule is C[C@H]1CCC2C(OC(=O)C23CN(c2c4ccccc4cc4ccccc24)N=N3)[C@]2(C)C(=O)C=C[C@@]12O. The third kappa shape index (κ3) is 2.46. The minimum absolute atomic E-state index is 0.164. The Kier molecular flexibility index (Phi) is 4.22. The Morgan fingerprint density at radius 3 is 2.39 bits per heavy atom. The number of ether oxygens (including phenoxy) is 1. The molecule has 0 bridgehead atoms. The molecule has 0 radical (unpaired) electrons. The van der Waals surface area contributed by atoms with E-state index in [1.54, 1.807) is 13.0 Å². The number of hydrogen-bond donors (Lipinski definition) is 1. The highest BCUT2D eigenvalue weighted by Crippen LogP contribution is 2.59. The van der Waals surface area contributed by atoms with Crippen molar-refractivity contribution in [3.05, 3.63) is 66.7 Å². The van der Waals surface area contributed by atoms with E-state index in [4.69, 9.17) is 4.74 Å². The number of hydrogen-bond acceptors (Lipinski definition) is 7. The highest BCUT2D eigenvalue weighted by molar-refractivity contribution is 6.11. The third-order valence-corrected chi connectivity index (χ3v) is 9.35. The van der Waals surface area contributed by atoms with Crippen LogP contribution in [-0.2, 0) is 14.3 Å². The van der Waals surface area contributed by atoms with Crippen molar-refractivity contribution < 1.29 is 19.4 Å². The fourth-order valence-corrected chi connectivity index (χ4v) is 7.17. The van der Waals surface area contributed by atoms with Crippen molar-refractivity contribution in [2.45, 2.75) is 43.9 Å². The monoisotopic (exact) mass is 481 g/mol. The van der Waals surface area contributed by atoms with Crippen LogP contribution in [0.15, 0.2) is 77.1 Å². The van der Waals surface area contributed by atoms with Crippen molar-refractivity contribution in [2.24, 2.45) is 27.6 Å². The van der Waals surface area contributed by atoms with E-state index in [-0.39, 0.29) is 24.2 Å². The van der Waals surface area contributed by atoms with Gasteiger partial charge in [-0.1, -0.05) is 60.7 Å². The summed E-state index contributed by atoms with van der Waals surface area (Å²) in [6, 6.07) is 18.4. The molecule has 1 spiro atoms. The molecule has 2 aliphatic heterocycles. The van der Waals surface area contributed by atoms with Gasteiger partial charge in [0, 0.05) is 16.7 Å². The molecular formula is C29H27N3O4. The predicted molar refractivity (Wildman–Crippen MR) is 135 cm³/mol. The van der Waals surface area contributed by atoms with Crippen LogP contribution in [0.3, 0.4) is 0 Å². The topological polar surface area (TPSA) is 91.6 Å². The third-order valence-electron chi connectivity index (χ3n) is 9.35. The molecule has 3 aromatic rings. The molecule has 7 nitrogen and oxygen atoms in total. The molecule has 4 aliphatic rings. The van der Waals surface area contributed by atoms with Crippen LogP contribution in [0.5, 0.6) is 0 Å². The first-order valence-electron chi connectivity index (χ1n) is 12.6. The summed E-state index contributed by atoms with van der Waals surface area (Å²) in [5, 5.41) is 26.9. The molecule has 6 atom stereocenters. The van der Waals surface area contributed by atoms with Crippen molar-refractivity contribution in [1.29, 1.82) is 0 Å². The first-order chi connectivity index (χ1) is 17.3. The van der Waals surface area contributed by atoms with Crippen molar-refractivity contribution >= 4 is 39.0 Å². The summed E-state index contributed by atoms with van der Waals surface area (Å²) < 4.78 is 6.00. The fraction of sp³-hybridized carbons (Fsp3) is 0.379. The van der Waals surface area contributed by atoms with Crippen LogP contribution < -0.4 is 5.01 Å². The summed E-state index contributed by atoms with van der Waals surface area (Å²) >= 11 is 0. The minimum atomic E-state index is -1.36. The maximum Gasteiger partial charge on any atom is 0.338 e. The summed E-state index contributed by atoms with van der Waals surface area (Å²) in [6.45, 7) is 3.93. The quantitative estimate of drug-likeness (QED) is 0.399. The largest absolute Gasteiger partial charge is 0.459 e. The van der Waals surface area contributed by atoms with Crippen LogP contribution in [-0.4, -0.2) is 40.6 Å². The number of fused-ring (bicyclic) bond motifs is 6. The van der Waals surface area contributed by atoms with E-state index in [0.717, 1.165) is 27.2 Å². The summed E-state index contributed by atoms with van der Waals surface area (Å²) in [6.07, 6.45) is 3.54. The molecule has 2 heterocycles. The van der Waals surface area contributed by atoms with Gasteiger partial charge in [0.15, 0.2) is 5.78 Å². The average Bonchev–Trinajstić information content (AvgIpc) is 3.50. The first-order valence-corrected chi connectivity index (χ1v) is 12.6. The lowest BCUT2D eigenvalue weighted by Gasteiger charge is -2.43. The second-order valence-corrected chi connectivity index (χ2v) is 11.0. The molecule has 2 aliphatic carbocycles. The lowest BCUT2D eigenvalue weighted by Crippen LogP contribution is -2.57. The van der Waals surface area contributed by atoms with Crippen LogP contribution in [0.4, 0.5) is 5.69 Å². The average molecular weight is 482 g/mol. The zero-order chi connectivity index (χ0) is 24.9. The molecule has 7 heteroatoms. The number of aliphatic hydroxyl groups is 1. The van der Waals surface area contributed by atoms with E-state index >= 15 is 0 Å². The Morgan fingerprint density at radius 2 is 1.69 bits per heavy atom. The second-order valence-electron chi connectivity index (χ2n) is 11.0. The van der Waals surface area contributed by atoms with E-state index in [0.29, 0.717) is 12.8 Å². The molecule has 0 amide bonds. The van der Waals surface area contributed by atoms with Crippen LogP contribution in [0.1, 0.15) is 26.7 Å². The number of anilines is 1. The van der Waals surface area contributed by atoms with Gasteiger partial charge in [0.1, 0.15) is 11.7 Å². The molecule has 2 fully saturated rings. The Balaban J connectivity index is 1.35. The molecule has 1 saturated heterocycles. The summed E-state index contributed by atoms with van der Waals surface area (Å²) in [7, 11) is 0. The molecule has 3 unspecified atom stereocenters. The van der Waals surface area contributed by atoms with Crippen LogP contribution in [0.2, 0.25) is 0 Å². The molecule has 1 saturated carbocycles. The smallest absolute Gasteiger partial charge is 0.338 e. The van der Waals surface area contributed by atoms with Gasteiger partial charge in [-0.25, -0.2) is 9.80 Å². The minimum Gasteiger partial charge on any atom is -0.459 e. The van der Waals surface area contributed by atoms with Crippen molar-refractivity contribution in [3.63, 3.8) is 0 Å². The zero-order valence-electron chi connectivity index (χ0n) is 20.2. The van der Waals surface area contributed by atoms with Crippen LogP contribution >= 0.6 is 0 Å². The number of rotatable bonds is 1. The maximum atomic E-state index is 13.6. The molecule has 1 N–H and O–H groups in total. The van der Waals surface area contributed by atoms with Gasteiger partial charge in [-0.3, -0.25) is 4.79 Å². The van der Waals surface area contributed by atoms with Crippen molar-refractivity contribution in [3.8, 4) is 0 Å². The molecule has 3 aromatic carbocycles. The highest BCUT2D eigenvalue weighted by Gasteiger charge is 2.72. The lowest BCUT2D eigenvalue weighted by atomic mass is 9.63. The molecule has 36 heavy (non-hydrogen) atoms. The number of ketones is 1. The second kappa shape index (κ2) is 7.01. The van der Waals surface area contributed by atoms with E-state index in [1.165, 1.54) is 6.08 Å².